The molecule has 31 heavy (non-hydrogen) atoms. The fourth-order valence-electron chi connectivity index (χ4n) is 3.90. The highest BCUT2D eigenvalue weighted by atomic mass is 32.2. The van der Waals surface area contributed by atoms with Gasteiger partial charge in [0, 0.05) is 29.4 Å². The third kappa shape index (κ3) is 6.30. The van der Waals surface area contributed by atoms with Crippen LogP contribution in [-0.4, -0.2) is 29.0 Å². The maximum absolute atomic E-state index is 13.0. The third-order valence-electron chi connectivity index (χ3n) is 5.52. The summed E-state index contributed by atoms with van der Waals surface area (Å²) in [5.74, 6) is 1.20. The molecule has 0 N–H and O–H groups in total. The average molecular weight is 439 g/mol. The third-order valence-corrected chi connectivity index (χ3v) is 6.42. The van der Waals surface area contributed by atoms with Gasteiger partial charge >= 0.3 is 0 Å². The van der Waals surface area contributed by atoms with E-state index in [-0.39, 0.29) is 16.7 Å². The zero-order valence-electron chi connectivity index (χ0n) is 18.2. The molecule has 0 heterocycles. The Morgan fingerprint density at radius 2 is 1.32 bits per heavy atom. The van der Waals surface area contributed by atoms with E-state index in [1.54, 1.807) is 49.4 Å². The van der Waals surface area contributed by atoms with Gasteiger partial charge in [-0.2, -0.15) is 0 Å². The fraction of sp³-hybridized carbons (Fsp3) is 0.423. The number of rotatable bonds is 12. The summed E-state index contributed by atoms with van der Waals surface area (Å²) in [4.78, 5) is 36.6. The summed E-state index contributed by atoms with van der Waals surface area (Å²) < 4.78 is 5.93. The van der Waals surface area contributed by atoms with Crippen molar-refractivity contribution in [3.05, 3.63) is 64.7 Å². The largest absolute Gasteiger partial charge is 0.493 e. The number of hydrogen-bond donors (Lipinski definition) is 0. The SMILES string of the molecule is CC(=O)SCCCCCCCCCCOc1cccc2c1C(=O)c1ccccc1C2=O. The summed E-state index contributed by atoms with van der Waals surface area (Å²) in [6.07, 6.45) is 9.16. The summed E-state index contributed by atoms with van der Waals surface area (Å²) in [5.41, 5.74) is 1.75. The van der Waals surface area contributed by atoms with Crippen molar-refractivity contribution in [1.29, 1.82) is 0 Å². The van der Waals surface area contributed by atoms with Crippen molar-refractivity contribution >= 4 is 28.4 Å². The first-order valence-electron chi connectivity index (χ1n) is 11.2. The fourth-order valence-corrected chi connectivity index (χ4v) is 4.53. The topological polar surface area (TPSA) is 60.4 Å². The number of carbonyl (C=O) groups excluding carboxylic acids is 3. The van der Waals surface area contributed by atoms with E-state index >= 15 is 0 Å². The van der Waals surface area contributed by atoms with E-state index in [9.17, 15) is 14.4 Å². The van der Waals surface area contributed by atoms with Gasteiger partial charge in [0.05, 0.1) is 12.2 Å². The van der Waals surface area contributed by atoms with Crippen LogP contribution in [0.4, 0.5) is 0 Å². The molecule has 0 spiro atoms. The predicted molar refractivity (Wildman–Crippen MR) is 125 cm³/mol. The average Bonchev–Trinajstić information content (AvgIpc) is 2.77. The molecule has 0 amide bonds. The molecule has 0 unspecified atom stereocenters. The molecule has 1 aliphatic rings. The molecule has 0 radical (unpaired) electrons. The van der Waals surface area contributed by atoms with Crippen LogP contribution in [0.5, 0.6) is 5.75 Å². The van der Waals surface area contributed by atoms with Gasteiger partial charge < -0.3 is 4.74 Å². The number of hydrogen-bond acceptors (Lipinski definition) is 5. The lowest BCUT2D eigenvalue weighted by molar-refractivity contribution is -0.109. The molecule has 0 aromatic heterocycles. The van der Waals surface area contributed by atoms with E-state index in [4.69, 9.17) is 4.74 Å². The Bertz CT molecular complexity index is 935. The summed E-state index contributed by atoms with van der Waals surface area (Å²) in [6.45, 7) is 2.17. The Balaban J connectivity index is 1.38. The van der Waals surface area contributed by atoms with Gasteiger partial charge in [0.1, 0.15) is 5.75 Å². The van der Waals surface area contributed by atoms with Gasteiger partial charge in [0.2, 0.25) is 0 Å². The van der Waals surface area contributed by atoms with Crippen molar-refractivity contribution in [3.63, 3.8) is 0 Å². The molecular weight excluding hydrogens is 408 g/mol. The zero-order chi connectivity index (χ0) is 22.1. The van der Waals surface area contributed by atoms with Crippen LogP contribution in [0.25, 0.3) is 0 Å². The molecule has 2 aromatic rings. The molecule has 4 nitrogen and oxygen atoms in total. The smallest absolute Gasteiger partial charge is 0.198 e. The maximum Gasteiger partial charge on any atom is 0.198 e. The summed E-state index contributed by atoms with van der Waals surface area (Å²) in [6, 6.07) is 12.2. The molecule has 3 rings (SSSR count). The highest BCUT2D eigenvalue weighted by Gasteiger charge is 2.31. The number of benzene rings is 2. The summed E-state index contributed by atoms with van der Waals surface area (Å²) in [5, 5.41) is 0.207. The van der Waals surface area contributed by atoms with Crippen molar-refractivity contribution in [3.8, 4) is 5.75 Å². The monoisotopic (exact) mass is 438 g/mol. The minimum atomic E-state index is -0.137. The standard InChI is InChI=1S/C26H30O4S/c1-19(27)31-18-11-7-5-3-2-4-6-10-17-30-23-16-12-15-22-24(23)26(29)21-14-9-8-13-20(21)25(22)28/h8-9,12-16H,2-7,10-11,17-18H2,1H3. The number of thioether (sulfide) groups is 1. The van der Waals surface area contributed by atoms with E-state index in [0.717, 1.165) is 25.0 Å². The molecule has 0 aliphatic heterocycles. The van der Waals surface area contributed by atoms with E-state index in [2.05, 4.69) is 0 Å². The quantitative estimate of drug-likeness (QED) is 0.313. The first kappa shape index (κ1) is 23.3. The van der Waals surface area contributed by atoms with Gasteiger partial charge in [-0.15, -0.1) is 0 Å². The van der Waals surface area contributed by atoms with Crippen LogP contribution in [0.1, 0.15) is 90.1 Å². The second-order valence-electron chi connectivity index (χ2n) is 7.90. The molecule has 164 valence electrons. The molecule has 0 fully saturated rings. The van der Waals surface area contributed by atoms with Crippen LogP contribution in [0.2, 0.25) is 0 Å². The minimum absolute atomic E-state index is 0.115. The number of carbonyl (C=O) groups is 3. The normalized spacial score (nSPS) is 12.4. The van der Waals surface area contributed by atoms with Crippen molar-refractivity contribution in [2.24, 2.45) is 0 Å². The molecule has 0 bridgehead atoms. The number of unbranched alkanes of at least 4 members (excludes halogenated alkanes) is 7. The number of ether oxygens (including phenoxy) is 1. The molecule has 0 saturated carbocycles. The van der Waals surface area contributed by atoms with Crippen LogP contribution in [0.3, 0.4) is 0 Å². The second kappa shape index (κ2) is 11.8. The zero-order valence-corrected chi connectivity index (χ0v) is 19.0. The van der Waals surface area contributed by atoms with E-state index < -0.39 is 0 Å². The van der Waals surface area contributed by atoms with Crippen LogP contribution in [-0.2, 0) is 4.79 Å². The Morgan fingerprint density at radius 1 is 0.742 bits per heavy atom. The van der Waals surface area contributed by atoms with Crippen LogP contribution in [0.15, 0.2) is 42.5 Å². The van der Waals surface area contributed by atoms with Gasteiger partial charge in [-0.1, -0.05) is 86.7 Å². The van der Waals surface area contributed by atoms with Gasteiger partial charge in [0.25, 0.3) is 0 Å². The molecule has 0 saturated heterocycles. The van der Waals surface area contributed by atoms with Crippen molar-refractivity contribution in [1.82, 2.24) is 0 Å². The highest BCUT2D eigenvalue weighted by Crippen LogP contribution is 2.33. The minimum Gasteiger partial charge on any atom is -0.493 e. The molecule has 0 atom stereocenters. The van der Waals surface area contributed by atoms with Crippen LogP contribution in [0, 0.1) is 0 Å². The first-order chi connectivity index (χ1) is 15.1. The van der Waals surface area contributed by atoms with Gasteiger partial charge in [-0.25, -0.2) is 0 Å². The second-order valence-corrected chi connectivity index (χ2v) is 9.17. The number of fused-ring (bicyclic) bond motifs is 2. The van der Waals surface area contributed by atoms with Crippen LogP contribution >= 0.6 is 11.8 Å². The van der Waals surface area contributed by atoms with Gasteiger partial charge in [-0.05, 0) is 18.9 Å². The molecule has 2 aromatic carbocycles. The molecule has 1 aliphatic carbocycles. The van der Waals surface area contributed by atoms with Gasteiger partial charge in [0.15, 0.2) is 16.7 Å². The lowest BCUT2D eigenvalue weighted by atomic mass is 9.83. The summed E-state index contributed by atoms with van der Waals surface area (Å²) >= 11 is 1.42. The lowest BCUT2D eigenvalue weighted by Gasteiger charge is -2.20. The van der Waals surface area contributed by atoms with E-state index in [1.165, 1.54) is 43.9 Å². The lowest BCUT2D eigenvalue weighted by Crippen LogP contribution is -2.21. The summed E-state index contributed by atoms with van der Waals surface area (Å²) in [7, 11) is 0. The van der Waals surface area contributed by atoms with Crippen molar-refractivity contribution in [2.45, 2.75) is 58.3 Å². The highest BCUT2D eigenvalue weighted by molar-refractivity contribution is 8.13. The Labute approximate surface area is 188 Å². The van der Waals surface area contributed by atoms with Crippen molar-refractivity contribution < 1.29 is 19.1 Å². The van der Waals surface area contributed by atoms with E-state index in [0.29, 0.717) is 34.6 Å². The Morgan fingerprint density at radius 3 is 2.00 bits per heavy atom. The molecular formula is C26H30O4S. The molecule has 5 heteroatoms. The van der Waals surface area contributed by atoms with E-state index in [1.807, 2.05) is 0 Å². The predicted octanol–water partition coefficient (Wildman–Crippen LogP) is 6.24. The van der Waals surface area contributed by atoms with Crippen LogP contribution < -0.4 is 4.74 Å². The Kier molecular flexibility index (Phi) is 8.89. The Hall–Kier alpha value is -2.40. The number of ketones is 2. The first-order valence-corrected chi connectivity index (χ1v) is 12.2. The maximum atomic E-state index is 13.0. The van der Waals surface area contributed by atoms with Gasteiger partial charge in [-0.3, -0.25) is 14.4 Å². The van der Waals surface area contributed by atoms with Crippen molar-refractivity contribution in [2.75, 3.05) is 12.4 Å².